The second-order valence-electron chi connectivity index (χ2n) is 5.13. The number of fused-ring (bicyclic) bond motifs is 1. The zero-order chi connectivity index (χ0) is 10.3. The minimum atomic E-state index is 0.183. The summed E-state index contributed by atoms with van der Waals surface area (Å²) >= 11 is 0. The Morgan fingerprint density at radius 2 is 1.86 bits per heavy atom. The number of hydrogen-bond acceptors (Lipinski definition) is 1. The molecule has 0 saturated carbocycles. The minimum absolute atomic E-state index is 0.183. The van der Waals surface area contributed by atoms with Gasteiger partial charge in [-0.05, 0) is 16.9 Å². The number of rotatable bonds is 0. The summed E-state index contributed by atoms with van der Waals surface area (Å²) in [5.41, 5.74) is 2.36. The Hall–Kier alpha value is -1.11. The van der Waals surface area contributed by atoms with Gasteiger partial charge >= 0.3 is 0 Å². The van der Waals surface area contributed by atoms with Gasteiger partial charge in [-0.15, -0.1) is 0 Å². The molecule has 2 rings (SSSR count). The predicted molar refractivity (Wildman–Crippen MR) is 57.6 cm³/mol. The molecule has 0 unspecified atom stereocenters. The van der Waals surface area contributed by atoms with Crippen molar-refractivity contribution >= 4 is 5.78 Å². The molecule has 1 aliphatic carbocycles. The van der Waals surface area contributed by atoms with E-state index in [0.29, 0.717) is 18.1 Å². The Labute approximate surface area is 85.1 Å². The topological polar surface area (TPSA) is 17.1 Å². The van der Waals surface area contributed by atoms with Crippen molar-refractivity contribution in [3.63, 3.8) is 0 Å². The quantitative estimate of drug-likeness (QED) is 0.609. The minimum Gasteiger partial charge on any atom is -0.294 e. The number of benzene rings is 1. The lowest BCUT2D eigenvalue weighted by atomic mass is 9.77. The SMILES string of the molecule is CC(C)(C)[C@H]1CC(=O)c2ccccc21. The van der Waals surface area contributed by atoms with E-state index >= 15 is 0 Å². The molecule has 0 spiro atoms. The first-order valence-electron chi connectivity index (χ1n) is 5.12. The Morgan fingerprint density at radius 3 is 2.50 bits per heavy atom. The van der Waals surface area contributed by atoms with Crippen molar-refractivity contribution in [2.24, 2.45) is 5.41 Å². The van der Waals surface area contributed by atoms with Crippen LogP contribution in [-0.2, 0) is 0 Å². The van der Waals surface area contributed by atoms with E-state index in [1.54, 1.807) is 0 Å². The van der Waals surface area contributed by atoms with E-state index in [1.165, 1.54) is 5.56 Å². The highest BCUT2D eigenvalue weighted by Crippen LogP contribution is 2.44. The molecule has 0 aliphatic heterocycles. The third-order valence-electron chi connectivity index (χ3n) is 3.07. The fourth-order valence-corrected chi connectivity index (χ4v) is 2.23. The molecule has 1 aliphatic rings. The summed E-state index contributed by atoms with van der Waals surface area (Å²) in [5, 5.41) is 0. The highest BCUT2D eigenvalue weighted by Gasteiger charge is 2.36. The molecule has 0 aromatic heterocycles. The average molecular weight is 188 g/mol. The average Bonchev–Trinajstić information content (AvgIpc) is 2.44. The van der Waals surface area contributed by atoms with Gasteiger partial charge in [0, 0.05) is 12.0 Å². The molecule has 0 heterocycles. The molecular weight excluding hydrogens is 172 g/mol. The molecule has 1 nitrogen and oxygen atoms in total. The summed E-state index contributed by atoms with van der Waals surface area (Å²) in [4.78, 5) is 11.7. The lowest BCUT2D eigenvalue weighted by Gasteiger charge is -2.27. The molecule has 0 N–H and O–H groups in total. The van der Waals surface area contributed by atoms with Gasteiger partial charge in [-0.25, -0.2) is 0 Å². The van der Waals surface area contributed by atoms with E-state index in [-0.39, 0.29) is 5.41 Å². The van der Waals surface area contributed by atoms with Crippen molar-refractivity contribution in [3.8, 4) is 0 Å². The molecular formula is C13H16O. The number of ketones is 1. The summed E-state index contributed by atoms with van der Waals surface area (Å²) in [6.07, 6.45) is 0.683. The van der Waals surface area contributed by atoms with Crippen LogP contribution in [0, 0.1) is 5.41 Å². The van der Waals surface area contributed by atoms with Gasteiger partial charge in [0.15, 0.2) is 5.78 Å². The van der Waals surface area contributed by atoms with Gasteiger partial charge in [0.05, 0.1) is 0 Å². The van der Waals surface area contributed by atoms with Crippen LogP contribution >= 0.6 is 0 Å². The van der Waals surface area contributed by atoms with Crippen molar-refractivity contribution in [2.75, 3.05) is 0 Å². The lowest BCUT2D eigenvalue weighted by molar-refractivity contribution is 0.0975. The summed E-state index contributed by atoms with van der Waals surface area (Å²) in [7, 11) is 0. The van der Waals surface area contributed by atoms with E-state index in [2.05, 4.69) is 26.8 Å². The molecule has 0 radical (unpaired) electrons. The van der Waals surface area contributed by atoms with E-state index in [4.69, 9.17) is 0 Å². The van der Waals surface area contributed by atoms with E-state index in [1.807, 2.05) is 18.2 Å². The van der Waals surface area contributed by atoms with E-state index in [0.717, 1.165) is 5.56 Å². The second-order valence-corrected chi connectivity index (χ2v) is 5.13. The van der Waals surface area contributed by atoms with Crippen LogP contribution in [0.3, 0.4) is 0 Å². The largest absolute Gasteiger partial charge is 0.294 e. The third-order valence-corrected chi connectivity index (χ3v) is 3.07. The smallest absolute Gasteiger partial charge is 0.163 e. The number of hydrogen-bond donors (Lipinski definition) is 0. The van der Waals surface area contributed by atoms with Crippen LogP contribution < -0.4 is 0 Å². The normalized spacial score (nSPS) is 21.1. The molecule has 1 aromatic carbocycles. The fourth-order valence-electron chi connectivity index (χ4n) is 2.23. The van der Waals surface area contributed by atoms with Crippen molar-refractivity contribution in [1.82, 2.24) is 0 Å². The molecule has 0 fully saturated rings. The van der Waals surface area contributed by atoms with Gasteiger partial charge in [0.25, 0.3) is 0 Å². The maximum absolute atomic E-state index is 11.7. The number of carbonyl (C=O) groups excluding carboxylic acids is 1. The zero-order valence-electron chi connectivity index (χ0n) is 9.00. The van der Waals surface area contributed by atoms with Gasteiger partial charge in [0.2, 0.25) is 0 Å². The summed E-state index contributed by atoms with van der Waals surface area (Å²) in [6.45, 7) is 6.60. The van der Waals surface area contributed by atoms with Crippen molar-refractivity contribution < 1.29 is 4.79 Å². The summed E-state index contributed by atoms with van der Waals surface area (Å²) in [6, 6.07) is 8.01. The van der Waals surface area contributed by atoms with Gasteiger partial charge < -0.3 is 0 Å². The Morgan fingerprint density at radius 1 is 1.21 bits per heavy atom. The number of carbonyl (C=O) groups is 1. The molecule has 0 bridgehead atoms. The van der Waals surface area contributed by atoms with Gasteiger partial charge in [0.1, 0.15) is 0 Å². The van der Waals surface area contributed by atoms with Crippen LogP contribution in [0.5, 0.6) is 0 Å². The van der Waals surface area contributed by atoms with Crippen LogP contribution in [0.15, 0.2) is 24.3 Å². The highest BCUT2D eigenvalue weighted by atomic mass is 16.1. The Kier molecular flexibility index (Phi) is 1.99. The molecule has 0 amide bonds. The van der Waals surface area contributed by atoms with E-state index in [9.17, 15) is 4.79 Å². The van der Waals surface area contributed by atoms with Crippen molar-refractivity contribution in [3.05, 3.63) is 35.4 Å². The van der Waals surface area contributed by atoms with Crippen molar-refractivity contribution in [2.45, 2.75) is 33.1 Å². The first-order valence-corrected chi connectivity index (χ1v) is 5.12. The van der Waals surface area contributed by atoms with Gasteiger partial charge in [-0.3, -0.25) is 4.79 Å². The number of Topliss-reactive ketones (excluding diaryl/α,β-unsaturated/α-hetero) is 1. The summed E-state index contributed by atoms with van der Waals surface area (Å²) < 4.78 is 0. The first kappa shape index (κ1) is 9.45. The summed E-state index contributed by atoms with van der Waals surface area (Å²) in [5.74, 6) is 0.701. The molecule has 0 saturated heterocycles. The zero-order valence-corrected chi connectivity index (χ0v) is 9.00. The molecule has 74 valence electrons. The predicted octanol–water partition coefficient (Wildman–Crippen LogP) is 3.40. The standard InChI is InChI=1S/C13H16O/c1-13(2,3)11-8-12(14)10-7-5-4-6-9(10)11/h4-7,11H,8H2,1-3H3/t11-/m0/s1. The van der Waals surface area contributed by atoms with Crippen LogP contribution in [-0.4, -0.2) is 5.78 Å². The fraction of sp³-hybridized carbons (Fsp3) is 0.462. The first-order chi connectivity index (χ1) is 6.50. The molecule has 1 heteroatoms. The van der Waals surface area contributed by atoms with Gasteiger partial charge in [-0.2, -0.15) is 0 Å². The van der Waals surface area contributed by atoms with E-state index < -0.39 is 0 Å². The van der Waals surface area contributed by atoms with Crippen molar-refractivity contribution in [1.29, 1.82) is 0 Å². The monoisotopic (exact) mass is 188 g/mol. The van der Waals surface area contributed by atoms with Crippen LogP contribution in [0.4, 0.5) is 0 Å². The van der Waals surface area contributed by atoms with Gasteiger partial charge in [-0.1, -0.05) is 45.0 Å². The maximum atomic E-state index is 11.7. The Balaban J connectivity index is 2.50. The molecule has 14 heavy (non-hydrogen) atoms. The Bertz CT molecular complexity index is 371. The highest BCUT2D eigenvalue weighted by molar-refractivity contribution is 6.01. The third kappa shape index (κ3) is 1.37. The molecule has 1 atom stereocenters. The lowest BCUT2D eigenvalue weighted by Crippen LogP contribution is -2.16. The van der Waals surface area contributed by atoms with Crippen LogP contribution in [0.1, 0.15) is 49.0 Å². The van der Waals surface area contributed by atoms with Crippen LogP contribution in [0.25, 0.3) is 0 Å². The second kappa shape index (κ2) is 2.94. The van der Waals surface area contributed by atoms with Crippen LogP contribution in [0.2, 0.25) is 0 Å². The molecule has 1 aromatic rings. The maximum Gasteiger partial charge on any atom is 0.163 e.